The number of hydrogen-bond donors (Lipinski definition) is 0. The molecular weight excluding hydrogens is 342 g/mol. The Kier molecular flexibility index (Phi) is 4.94. The summed E-state index contributed by atoms with van der Waals surface area (Å²) in [5, 5.41) is 19.1. The Hall–Kier alpha value is -3.27. The first kappa shape index (κ1) is 17.5. The predicted molar refractivity (Wildman–Crippen MR) is 105 cm³/mol. The third kappa shape index (κ3) is 3.26. The smallest absolute Gasteiger partial charge is 0.0998 e. The zero-order chi connectivity index (χ0) is 18.7. The van der Waals surface area contributed by atoms with Crippen molar-refractivity contribution in [2.24, 2.45) is 0 Å². The quantitative estimate of drug-likeness (QED) is 0.566. The van der Waals surface area contributed by atoms with Gasteiger partial charge in [0, 0.05) is 27.7 Å². The lowest BCUT2D eigenvalue weighted by molar-refractivity contribution is 0.964. The number of rotatable bonds is 3. The van der Waals surface area contributed by atoms with E-state index in [4.69, 9.17) is 16.9 Å². The topological polar surface area (TPSA) is 52.5 Å². The van der Waals surface area contributed by atoms with Crippen molar-refractivity contribution in [3.05, 3.63) is 87.7 Å². The lowest BCUT2D eigenvalue weighted by Gasteiger charge is -2.09. The number of benzene rings is 2. The van der Waals surface area contributed by atoms with Gasteiger partial charge in [0.1, 0.15) is 0 Å². The third-order valence-corrected chi connectivity index (χ3v) is 4.64. The molecule has 1 aromatic heterocycles. The Morgan fingerprint density at radius 2 is 1.73 bits per heavy atom. The number of nitriles is 2. The van der Waals surface area contributed by atoms with Gasteiger partial charge in [-0.05, 0) is 61.9 Å². The van der Waals surface area contributed by atoms with Gasteiger partial charge in [0.2, 0.25) is 0 Å². The van der Waals surface area contributed by atoms with E-state index in [9.17, 15) is 5.26 Å². The first-order valence-electron chi connectivity index (χ1n) is 8.11. The van der Waals surface area contributed by atoms with E-state index in [0.717, 1.165) is 28.2 Å². The summed E-state index contributed by atoms with van der Waals surface area (Å²) in [7, 11) is 0. The highest BCUT2D eigenvalue weighted by molar-refractivity contribution is 6.32. The lowest BCUT2D eigenvalue weighted by atomic mass is 10.0. The molecule has 0 spiro atoms. The highest BCUT2D eigenvalue weighted by atomic mass is 35.5. The number of aryl methyl sites for hydroxylation is 1. The fourth-order valence-electron chi connectivity index (χ4n) is 3.02. The number of aromatic nitrogens is 1. The molecule has 126 valence electrons. The van der Waals surface area contributed by atoms with Gasteiger partial charge in [-0.2, -0.15) is 10.5 Å². The van der Waals surface area contributed by atoms with Crippen LogP contribution in [0.3, 0.4) is 0 Å². The highest BCUT2D eigenvalue weighted by Crippen LogP contribution is 2.28. The number of halogens is 1. The van der Waals surface area contributed by atoms with Crippen LogP contribution < -0.4 is 0 Å². The second-order valence-electron chi connectivity index (χ2n) is 5.97. The van der Waals surface area contributed by atoms with Crippen molar-refractivity contribution < 1.29 is 0 Å². The molecule has 1 heterocycles. The second-order valence-corrected chi connectivity index (χ2v) is 6.38. The standard InChI is InChI=1S/C22H16ClN3/c1-15-11-18(12-19(14-25)21-5-3-4-6-22(21)23)16(2)26(15)20-9-7-17(13-24)8-10-20/h3-12H,1-2H3. The fourth-order valence-corrected chi connectivity index (χ4v) is 3.26. The molecule has 0 amide bonds. The van der Waals surface area contributed by atoms with Crippen LogP contribution in [0.1, 0.15) is 28.1 Å². The number of nitrogens with zero attached hydrogens (tertiary/aromatic N) is 3. The van der Waals surface area contributed by atoms with Crippen LogP contribution in [0, 0.1) is 36.5 Å². The van der Waals surface area contributed by atoms with Gasteiger partial charge in [0.15, 0.2) is 0 Å². The summed E-state index contributed by atoms with van der Waals surface area (Å²) in [4.78, 5) is 0. The van der Waals surface area contributed by atoms with Crippen molar-refractivity contribution in [2.75, 3.05) is 0 Å². The van der Waals surface area contributed by atoms with E-state index in [2.05, 4.69) is 16.7 Å². The average molecular weight is 358 g/mol. The Morgan fingerprint density at radius 1 is 1.04 bits per heavy atom. The Balaban J connectivity index is 2.09. The molecule has 0 saturated carbocycles. The second kappa shape index (κ2) is 7.31. The minimum absolute atomic E-state index is 0.524. The molecule has 0 atom stereocenters. The molecule has 0 bridgehead atoms. The fraction of sp³-hybridized carbons (Fsp3) is 0.0909. The molecule has 0 aliphatic carbocycles. The van der Waals surface area contributed by atoms with Gasteiger partial charge in [0.05, 0.1) is 23.3 Å². The zero-order valence-corrected chi connectivity index (χ0v) is 15.2. The maximum absolute atomic E-state index is 9.59. The van der Waals surface area contributed by atoms with Crippen molar-refractivity contribution in [1.29, 1.82) is 10.5 Å². The summed E-state index contributed by atoms with van der Waals surface area (Å²) < 4.78 is 2.11. The van der Waals surface area contributed by atoms with Crippen molar-refractivity contribution in [3.63, 3.8) is 0 Å². The van der Waals surface area contributed by atoms with Crippen LogP contribution in [0.5, 0.6) is 0 Å². The normalized spacial score (nSPS) is 11.0. The summed E-state index contributed by atoms with van der Waals surface area (Å²) in [6.45, 7) is 4.03. The van der Waals surface area contributed by atoms with Gasteiger partial charge in [-0.3, -0.25) is 0 Å². The van der Waals surface area contributed by atoms with Crippen molar-refractivity contribution >= 4 is 23.3 Å². The first-order chi connectivity index (χ1) is 12.5. The van der Waals surface area contributed by atoms with Gasteiger partial charge < -0.3 is 4.57 Å². The molecular formula is C22H16ClN3. The van der Waals surface area contributed by atoms with Crippen molar-refractivity contribution in [3.8, 4) is 17.8 Å². The number of allylic oxidation sites excluding steroid dienone is 1. The van der Waals surface area contributed by atoms with E-state index in [1.165, 1.54) is 0 Å². The minimum Gasteiger partial charge on any atom is -0.318 e. The molecule has 0 aliphatic rings. The SMILES string of the molecule is Cc1cc(C=C(C#N)c2ccccc2Cl)c(C)n1-c1ccc(C#N)cc1. The summed E-state index contributed by atoms with van der Waals surface area (Å²) in [6, 6.07) is 21.2. The minimum atomic E-state index is 0.524. The van der Waals surface area contributed by atoms with Gasteiger partial charge in [-0.15, -0.1) is 0 Å². The molecule has 0 aliphatic heterocycles. The van der Waals surface area contributed by atoms with Crippen LogP contribution >= 0.6 is 11.6 Å². The molecule has 26 heavy (non-hydrogen) atoms. The molecule has 3 nitrogen and oxygen atoms in total. The molecule has 0 radical (unpaired) electrons. The molecule has 2 aromatic carbocycles. The molecule has 0 fully saturated rings. The third-order valence-electron chi connectivity index (χ3n) is 4.31. The van der Waals surface area contributed by atoms with Crippen LogP contribution in [-0.2, 0) is 0 Å². The highest BCUT2D eigenvalue weighted by Gasteiger charge is 2.12. The van der Waals surface area contributed by atoms with E-state index in [1.807, 2.05) is 56.3 Å². The monoisotopic (exact) mass is 357 g/mol. The van der Waals surface area contributed by atoms with Crippen LogP contribution in [-0.4, -0.2) is 4.57 Å². The van der Waals surface area contributed by atoms with Gasteiger partial charge in [-0.25, -0.2) is 0 Å². The van der Waals surface area contributed by atoms with Crippen LogP contribution in [0.2, 0.25) is 5.02 Å². The van der Waals surface area contributed by atoms with Crippen molar-refractivity contribution in [1.82, 2.24) is 4.57 Å². The molecule has 3 rings (SSSR count). The summed E-state index contributed by atoms with van der Waals surface area (Å²) in [6.07, 6.45) is 1.86. The van der Waals surface area contributed by atoms with Crippen LogP contribution in [0.15, 0.2) is 54.6 Å². The van der Waals surface area contributed by atoms with E-state index in [1.54, 1.807) is 18.2 Å². The lowest BCUT2D eigenvalue weighted by Crippen LogP contribution is -1.99. The van der Waals surface area contributed by atoms with E-state index in [0.29, 0.717) is 16.2 Å². The van der Waals surface area contributed by atoms with E-state index in [-0.39, 0.29) is 0 Å². The summed E-state index contributed by atoms with van der Waals surface area (Å²) >= 11 is 6.24. The molecule has 0 N–H and O–H groups in total. The van der Waals surface area contributed by atoms with Gasteiger partial charge in [-0.1, -0.05) is 29.8 Å². The average Bonchev–Trinajstić information content (AvgIpc) is 2.94. The maximum Gasteiger partial charge on any atom is 0.0998 e. The van der Waals surface area contributed by atoms with Gasteiger partial charge >= 0.3 is 0 Å². The largest absolute Gasteiger partial charge is 0.318 e. The van der Waals surface area contributed by atoms with E-state index >= 15 is 0 Å². The predicted octanol–water partition coefficient (Wildman–Crippen LogP) is 5.68. The molecule has 3 aromatic rings. The van der Waals surface area contributed by atoms with Crippen molar-refractivity contribution in [2.45, 2.75) is 13.8 Å². The molecule has 0 unspecified atom stereocenters. The Bertz CT molecular complexity index is 1070. The maximum atomic E-state index is 9.59. The van der Waals surface area contributed by atoms with Gasteiger partial charge in [0.25, 0.3) is 0 Å². The Morgan fingerprint density at radius 3 is 2.35 bits per heavy atom. The summed E-state index contributed by atoms with van der Waals surface area (Å²) in [5.74, 6) is 0. The number of hydrogen-bond acceptors (Lipinski definition) is 2. The summed E-state index contributed by atoms with van der Waals surface area (Å²) in [5.41, 5.74) is 5.89. The molecule has 4 heteroatoms. The zero-order valence-electron chi connectivity index (χ0n) is 14.5. The Labute approximate surface area is 158 Å². The van der Waals surface area contributed by atoms with Crippen LogP contribution in [0.4, 0.5) is 0 Å². The van der Waals surface area contributed by atoms with E-state index < -0.39 is 0 Å². The first-order valence-corrected chi connectivity index (χ1v) is 8.49. The molecule has 0 saturated heterocycles. The van der Waals surface area contributed by atoms with Crippen LogP contribution in [0.25, 0.3) is 17.3 Å².